The smallest absolute Gasteiger partial charge is 0.339 e. The SMILES string of the molecule is Cc1cccc(-n2c(=O)n(-c3ccc(C(=O)Nc4cccc(-c5ncccn5)c4)cc3)c3c(N)ncnc32)c1. The van der Waals surface area contributed by atoms with Crippen molar-refractivity contribution >= 4 is 28.6 Å². The van der Waals surface area contributed by atoms with Crippen LogP contribution in [0.1, 0.15) is 15.9 Å². The van der Waals surface area contributed by atoms with E-state index in [0.717, 1.165) is 11.1 Å². The summed E-state index contributed by atoms with van der Waals surface area (Å²) in [4.78, 5) is 43.6. The average Bonchev–Trinajstić information content (AvgIpc) is 3.26. The van der Waals surface area contributed by atoms with Crippen LogP contribution in [0.3, 0.4) is 0 Å². The molecule has 0 fully saturated rings. The number of carbonyl (C=O) groups excluding carboxylic acids is 1. The highest BCUT2D eigenvalue weighted by molar-refractivity contribution is 6.04. The molecule has 6 rings (SSSR count). The first-order valence-corrected chi connectivity index (χ1v) is 12.1. The number of aryl methyl sites for hydroxylation is 1. The quantitative estimate of drug-likeness (QED) is 0.353. The van der Waals surface area contributed by atoms with Crippen LogP contribution < -0.4 is 16.7 Å². The summed E-state index contributed by atoms with van der Waals surface area (Å²) in [6.07, 6.45) is 4.66. The maximum Gasteiger partial charge on any atom is 0.339 e. The van der Waals surface area contributed by atoms with Gasteiger partial charge in [0.2, 0.25) is 0 Å². The first kappa shape index (κ1) is 23.7. The number of rotatable bonds is 5. The molecule has 10 nitrogen and oxygen atoms in total. The zero-order chi connectivity index (χ0) is 26.9. The highest BCUT2D eigenvalue weighted by Gasteiger charge is 2.20. The Hall–Kier alpha value is -5.64. The Morgan fingerprint density at radius 2 is 1.59 bits per heavy atom. The van der Waals surface area contributed by atoms with Crippen molar-refractivity contribution in [1.82, 2.24) is 29.1 Å². The number of nitrogens with two attached hydrogens (primary N) is 1. The van der Waals surface area contributed by atoms with Gasteiger partial charge in [-0.05, 0) is 67.1 Å². The van der Waals surface area contributed by atoms with Gasteiger partial charge >= 0.3 is 5.69 Å². The molecule has 0 radical (unpaired) electrons. The van der Waals surface area contributed by atoms with Gasteiger partial charge in [0.1, 0.15) is 11.8 Å². The minimum absolute atomic E-state index is 0.174. The molecule has 0 aliphatic heterocycles. The van der Waals surface area contributed by atoms with Crippen LogP contribution in [-0.4, -0.2) is 35.0 Å². The van der Waals surface area contributed by atoms with Crippen molar-refractivity contribution in [3.05, 3.63) is 119 Å². The minimum Gasteiger partial charge on any atom is -0.382 e. The molecule has 3 N–H and O–H groups in total. The number of aromatic nitrogens is 6. The fourth-order valence-corrected chi connectivity index (χ4v) is 4.44. The van der Waals surface area contributed by atoms with Gasteiger partial charge in [0.05, 0.1) is 11.4 Å². The van der Waals surface area contributed by atoms with Gasteiger partial charge in [0, 0.05) is 29.2 Å². The van der Waals surface area contributed by atoms with Crippen LogP contribution in [-0.2, 0) is 0 Å². The van der Waals surface area contributed by atoms with E-state index in [2.05, 4.69) is 25.3 Å². The van der Waals surface area contributed by atoms with Gasteiger partial charge in [-0.3, -0.25) is 9.36 Å². The second kappa shape index (κ2) is 9.67. The third-order valence-corrected chi connectivity index (χ3v) is 6.24. The van der Waals surface area contributed by atoms with Crippen LogP contribution in [0.2, 0.25) is 0 Å². The molecule has 3 aromatic carbocycles. The number of fused-ring (bicyclic) bond motifs is 1. The molecule has 190 valence electrons. The molecule has 0 atom stereocenters. The molecule has 0 aliphatic carbocycles. The number of hydrogen-bond acceptors (Lipinski definition) is 7. The molecular formula is C29H22N8O2. The summed E-state index contributed by atoms with van der Waals surface area (Å²) in [5.41, 5.74) is 10.6. The lowest BCUT2D eigenvalue weighted by atomic mass is 10.1. The van der Waals surface area contributed by atoms with Crippen LogP contribution in [0.25, 0.3) is 33.9 Å². The molecule has 0 bridgehead atoms. The third-order valence-electron chi connectivity index (χ3n) is 6.24. The molecule has 0 aliphatic rings. The highest BCUT2D eigenvalue weighted by Crippen LogP contribution is 2.24. The summed E-state index contributed by atoms with van der Waals surface area (Å²) < 4.78 is 2.96. The van der Waals surface area contributed by atoms with Crippen LogP contribution in [0.5, 0.6) is 0 Å². The van der Waals surface area contributed by atoms with E-state index < -0.39 is 0 Å². The van der Waals surface area contributed by atoms with Gasteiger partial charge in [0.15, 0.2) is 17.3 Å². The van der Waals surface area contributed by atoms with Gasteiger partial charge in [-0.25, -0.2) is 29.3 Å². The van der Waals surface area contributed by atoms with Crippen molar-refractivity contribution in [3.8, 4) is 22.8 Å². The maximum atomic E-state index is 13.7. The summed E-state index contributed by atoms with van der Waals surface area (Å²) in [6, 6.07) is 23.3. The Morgan fingerprint density at radius 3 is 2.36 bits per heavy atom. The van der Waals surface area contributed by atoms with Crippen molar-refractivity contribution in [2.45, 2.75) is 6.92 Å². The number of amides is 1. The average molecular weight is 515 g/mol. The standard InChI is InChI=1S/C29H22N8O2/c1-18-5-2-8-23(15-18)37-27-24(25(30)33-17-34-27)36(29(37)39)22-11-9-19(10-12-22)28(38)35-21-7-3-6-20(16-21)26-31-13-4-14-32-26/h2-17H,1H3,(H,35,38)(H2,30,33,34). The van der Waals surface area contributed by atoms with Crippen LogP contribution >= 0.6 is 0 Å². The van der Waals surface area contributed by atoms with Crippen LogP contribution in [0.15, 0.2) is 102 Å². The molecule has 1 amide bonds. The predicted molar refractivity (Wildman–Crippen MR) is 149 cm³/mol. The van der Waals surface area contributed by atoms with E-state index in [1.54, 1.807) is 48.8 Å². The molecule has 10 heteroatoms. The monoisotopic (exact) mass is 514 g/mol. The van der Waals surface area contributed by atoms with Crippen molar-refractivity contribution in [3.63, 3.8) is 0 Å². The zero-order valence-corrected chi connectivity index (χ0v) is 20.8. The Bertz CT molecular complexity index is 1890. The van der Waals surface area contributed by atoms with E-state index in [-0.39, 0.29) is 17.4 Å². The van der Waals surface area contributed by atoms with E-state index in [9.17, 15) is 9.59 Å². The lowest BCUT2D eigenvalue weighted by molar-refractivity contribution is 0.102. The topological polar surface area (TPSA) is 134 Å². The molecular weight excluding hydrogens is 492 g/mol. The van der Waals surface area contributed by atoms with Gasteiger partial charge in [-0.15, -0.1) is 0 Å². The molecule has 3 heterocycles. The Kier molecular flexibility index (Phi) is 5.89. The summed E-state index contributed by atoms with van der Waals surface area (Å²) in [5, 5.41) is 2.90. The number of anilines is 2. The maximum absolute atomic E-state index is 13.7. The number of nitrogens with zero attached hydrogens (tertiary/aromatic N) is 6. The fourth-order valence-electron chi connectivity index (χ4n) is 4.44. The second-order valence-electron chi connectivity index (χ2n) is 8.88. The summed E-state index contributed by atoms with van der Waals surface area (Å²) in [5.74, 6) is 0.439. The third kappa shape index (κ3) is 4.40. The lowest BCUT2D eigenvalue weighted by Gasteiger charge is -2.09. The normalized spacial score (nSPS) is 11.0. The molecule has 39 heavy (non-hydrogen) atoms. The number of hydrogen-bond donors (Lipinski definition) is 2. The van der Waals surface area contributed by atoms with Crippen molar-refractivity contribution in [2.24, 2.45) is 0 Å². The van der Waals surface area contributed by atoms with E-state index in [0.29, 0.717) is 39.6 Å². The first-order valence-electron chi connectivity index (χ1n) is 12.1. The van der Waals surface area contributed by atoms with E-state index >= 15 is 0 Å². The summed E-state index contributed by atoms with van der Waals surface area (Å²) in [6.45, 7) is 1.95. The zero-order valence-electron chi connectivity index (χ0n) is 20.8. The first-order chi connectivity index (χ1) is 19.0. The second-order valence-corrected chi connectivity index (χ2v) is 8.88. The van der Waals surface area contributed by atoms with Crippen molar-refractivity contribution < 1.29 is 4.79 Å². The van der Waals surface area contributed by atoms with E-state index in [1.165, 1.54) is 15.5 Å². The molecule has 6 aromatic rings. The number of nitrogen functional groups attached to an aromatic ring is 1. The highest BCUT2D eigenvalue weighted by atomic mass is 16.2. The molecule has 0 spiro atoms. The molecule has 0 unspecified atom stereocenters. The predicted octanol–water partition coefficient (Wildman–Crippen LogP) is 4.17. The van der Waals surface area contributed by atoms with Crippen molar-refractivity contribution in [2.75, 3.05) is 11.1 Å². The van der Waals surface area contributed by atoms with Gasteiger partial charge in [-0.2, -0.15) is 0 Å². The van der Waals surface area contributed by atoms with Crippen molar-refractivity contribution in [1.29, 1.82) is 0 Å². The van der Waals surface area contributed by atoms with Crippen LogP contribution in [0.4, 0.5) is 11.5 Å². The number of carbonyl (C=O) groups is 1. The van der Waals surface area contributed by atoms with E-state index in [1.807, 2.05) is 49.4 Å². The Labute approximate surface area is 222 Å². The van der Waals surface area contributed by atoms with Gasteiger partial charge in [-0.1, -0.05) is 24.3 Å². The van der Waals surface area contributed by atoms with E-state index in [4.69, 9.17) is 5.73 Å². The Balaban J connectivity index is 1.34. The van der Waals surface area contributed by atoms with Gasteiger partial charge < -0.3 is 11.1 Å². The molecule has 3 aromatic heterocycles. The van der Waals surface area contributed by atoms with Crippen LogP contribution in [0, 0.1) is 6.92 Å². The van der Waals surface area contributed by atoms with Gasteiger partial charge in [0.25, 0.3) is 5.91 Å². The number of benzene rings is 3. The largest absolute Gasteiger partial charge is 0.382 e. The Morgan fingerprint density at radius 1 is 0.821 bits per heavy atom. The minimum atomic E-state index is -0.347. The molecule has 0 saturated heterocycles. The number of nitrogens with one attached hydrogen (secondary N) is 1. The fraction of sp³-hybridized carbons (Fsp3) is 0.0345. The number of imidazole rings is 1. The molecule has 0 saturated carbocycles. The summed E-state index contributed by atoms with van der Waals surface area (Å²) >= 11 is 0. The summed E-state index contributed by atoms with van der Waals surface area (Å²) in [7, 11) is 0. The lowest BCUT2D eigenvalue weighted by Crippen LogP contribution is -2.22.